The van der Waals surface area contributed by atoms with Crippen molar-refractivity contribution in [3.05, 3.63) is 10.9 Å². The van der Waals surface area contributed by atoms with Gasteiger partial charge in [0.05, 0.1) is 5.39 Å². The van der Waals surface area contributed by atoms with E-state index < -0.39 is 0 Å². The van der Waals surface area contributed by atoms with Gasteiger partial charge in [-0.05, 0) is 37.2 Å². The van der Waals surface area contributed by atoms with Crippen LogP contribution in [0.25, 0.3) is 10.2 Å². The van der Waals surface area contributed by atoms with E-state index in [2.05, 4.69) is 40.6 Å². The highest BCUT2D eigenvalue weighted by Gasteiger charge is 2.34. The minimum Gasteiger partial charge on any atom is -0.369 e. The van der Waals surface area contributed by atoms with Gasteiger partial charge in [0.15, 0.2) is 0 Å². The van der Waals surface area contributed by atoms with Gasteiger partial charge in [-0.1, -0.05) is 20.3 Å². The third kappa shape index (κ3) is 2.70. The molecule has 0 bridgehead atoms. The summed E-state index contributed by atoms with van der Waals surface area (Å²) in [6.45, 7) is 5.42. The number of hydrogen-bond acceptors (Lipinski definition) is 6. The topological polar surface area (TPSA) is 75.9 Å². The fourth-order valence-electron chi connectivity index (χ4n) is 2.95. The molecular weight excluding hydrogens is 282 g/mol. The predicted molar refractivity (Wildman–Crippen MR) is 89.7 cm³/mol. The van der Waals surface area contributed by atoms with Gasteiger partial charge in [0.2, 0.25) is 5.95 Å². The van der Waals surface area contributed by atoms with E-state index >= 15 is 0 Å². The maximum atomic E-state index is 5.50. The Balaban J connectivity index is 1.90. The number of nitrogens with one attached hydrogen (secondary N) is 2. The molecule has 114 valence electrons. The van der Waals surface area contributed by atoms with Crippen LogP contribution in [0.5, 0.6) is 0 Å². The van der Waals surface area contributed by atoms with Crippen molar-refractivity contribution in [1.29, 1.82) is 0 Å². The van der Waals surface area contributed by atoms with Crippen LogP contribution in [0.2, 0.25) is 0 Å². The zero-order valence-electron chi connectivity index (χ0n) is 12.7. The van der Waals surface area contributed by atoms with Gasteiger partial charge >= 0.3 is 0 Å². The van der Waals surface area contributed by atoms with E-state index in [9.17, 15) is 0 Å². The van der Waals surface area contributed by atoms with Gasteiger partial charge in [-0.3, -0.25) is 5.43 Å². The fourth-order valence-corrected chi connectivity index (χ4v) is 3.92. The number of aromatic nitrogens is 2. The number of nitrogen functional groups attached to an aromatic ring is 1. The average molecular weight is 305 g/mol. The molecule has 2 aromatic rings. The van der Waals surface area contributed by atoms with Crippen molar-refractivity contribution < 1.29 is 0 Å². The Hall–Kier alpha value is -1.40. The molecule has 2 heterocycles. The van der Waals surface area contributed by atoms with Gasteiger partial charge in [-0.15, -0.1) is 11.3 Å². The van der Waals surface area contributed by atoms with Gasteiger partial charge in [-0.25, -0.2) is 10.8 Å². The molecule has 3 rings (SSSR count). The summed E-state index contributed by atoms with van der Waals surface area (Å²) in [6.07, 6.45) is 6.22. The molecular formula is C15H23N5S. The lowest BCUT2D eigenvalue weighted by molar-refractivity contribution is 0.145. The van der Waals surface area contributed by atoms with Crippen molar-refractivity contribution in [3.8, 4) is 0 Å². The summed E-state index contributed by atoms with van der Waals surface area (Å²) >= 11 is 1.71. The van der Waals surface area contributed by atoms with E-state index in [0.717, 1.165) is 29.0 Å². The third-order valence-corrected chi connectivity index (χ3v) is 5.89. The molecule has 1 aliphatic rings. The minimum atomic E-state index is 0.456. The first-order chi connectivity index (χ1) is 10.2. The third-order valence-electron chi connectivity index (χ3n) is 4.72. The molecule has 4 N–H and O–H groups in total. The first-order valence-corrected chi connectivity index (χ1v) is 8.52. The second kappa shape index (κ2) is 5.77. The molecule has 0 spiro atoms. The molecule has 21 heavy (non-hydrogen) atoms. The Bertz CT molecular complexity index is 627. The Morgan fingerprint density at radius 2 is 2.14 bits per heavy atom. The maximum Gasteiger partial charge on any atom is 0.240 e. The molecule has 6 heteroatoms. The van der Waals surface area contributed by atoms with Crippen LogP contribution in [0.4, 0.5) is 11.8 Å². The monoisotopic (exact) mass is 305 g/mol. The molecule has 0 atom stereocenters. The standard InChI is InChI=1S/C15H23N5S/c1-3-10-8-11-12(17-9-15(4-2)6-5-7-15)18-14(20-16)19-13(11)21-10/h8H,3-7,9,16H2,1-2H3,(H2,17,18,19,20). The zero-order valence-corrected chi connectivity index (χ0v) is 13.5. The number of hydrazine groups is 1. The molecule has 5 nitrogen and oxygen atoms in total. The summed E-state index contributed by atoms with van der Waals surface area (Å²) in [6, 6.07) is 2.20. The number of hydrogen-bond donors (Lipinski definition) is 3. The first kappa shape index (κ1) is 14.5. The zero-order chi connectivity index (χ0) is 14.9. The summed E-state index contributed by atoms with van der Waals surface area (Å²) in [4.78, 5) is 11.3. The Labute approximate surface area is 129 Å². The highest BCUT2D eigenvalue weighted by Crippen LogP contribution is 2.44. The molecule has 0 aromatic carbocycles. The van der Waals surface area contributed by atoms with Crippen LogP contribution >= 0.6 is 11.3 Å². The van der Waals surface area contributed by atoms with Gasteiger partial charge in [0.1, 0.15) is 10.6 Å². The van der Waals surface area contributed by atoms with Gasteiger partial charge in [0, 0.05) is 11.4 Å². The van der Waals surface area contributed by atoms with Crippen molar-refractivity contribution in [3.63, 3.8) is 0 Å². The van der Waals surface area contributed by atoms with Crippen LogP contribution in [0, 0.1) is 5.41 Å². The van der Waals surface area contributed by atoms with Crippen LogP contribution in [0.3, 0.4) is 0 Å². The van der Waals surface area contributed by atoms with Crippen LogP contribution < -0.4 is 16.6 Å². The summed E-state index contributed by atoms with van der Waals surface area (Å²) in [7, 11) is 0. The normalized spacial score (nSPS) is 16.7. The van der Waals surface area contributed by atoms with E-state index in [-0.39, 0.29) is 0 Å². The Kier molecular flexibility index (Phi) is 3.99. The molecule has 0 saturated heterocycles. The minimum absolute atomic E-state index is 0.456. The SMILES string of the molecule is CCc1cc2c(NCC3(CC)CCC3)nc(NN)nc2s1. The van der Waals surface area contributed by atoms with E-state index in [1.54, 1.807) is 11.3 Å². The number of anilines is 2. The molecule has 0 unspecified atom stereocenters. The van der Waals surface area contributed by atoms with Crippen LogP contribution in [-0.2, 0) is 6.42 Å². The number of fused-ring (bicyclic) bond motifs is 1. The maximum absolute atomic E-state index is 5.50. The Morgan fingerprint density at radius 3 is 2.71 bits per heavy atom. The molecule has 1 aliphatic carbocycles. The number of nitrogens with two attached hydrogens (primary N) is 1. The largest absolute Gasteiger partial charge is 0.369 e. The molecule has 0 aliphatic heterocycles. The van der Waals surface area contributed by atoms with E-state index in [0.29, 0.717) is 11.4 Å². The molecule has 1 saturated carbocycles. The average Bonchev–Trinajstić information content (AvgIpc) is 2.89. The van der Waals surface area contributed by atoms with Crippen molar-refractivity contribution >= 4 is 33.3 Å². The van der Waals surface area contributed by atoms with Gasteiger partial charge < -0.3 is 5.32 Å². The Morgan fingerprint density at radius 1 is 1.33 bits per heavy atom. The van der Waals surface area contributed by atoms with Crippen LogP contribution in [0.1, 0.15) is 44.4 Å². The van der Waals surface area contributed by atoms with Gasteiger partial charge in [0.25, 0.3) is 0 Å². The summed E-state index contributed by atoms with van der Waals surface area (Å²) in [5, 5.41) is 4.67. The van der Waals surface area contributed by atoms with Crippen molar-refractivity contribution in [2.24, 2.45) is 11.3 Å². The summed E-state index contributed by atoms with van der Waals surface area (Å²) in [5.41, 5.74) is 3.03. The molecule has 2 aromatic heterocycles. The lowest BCUT2D eigenvalue weighted by atomic mass is 9.67. The van der Waals surface area contributed by atoms with E-state index in [1.807, 2.05) is 0 Å². The summed E-state index contributed by atoms with van der Waals surface area (Å²) in [5.74, 6) is 6.88. The fraction of sp³-hybridized carbons (Fsp3) is 0.600. The molecule has 0 amide bonds. The number of thiophene rings is 1. The molecule has 0 radical (unpaired) electrons. The highest BCUT2D eigenvalue weighted by atomic mass is 32.1. The summed E-state index contributed by atoms with van der Waals surface area (Å²) < 4.78 is 0. The van der Waals surface area contributed by atoms with E-state index in [4.69, 9.17) is 5.84 Å². The lowest BCUT2D eigenvalue weighted by Gasteiger charge is -2.41. The highest BCUT2D eigenvalue weighted by molar-refractivity contribution is 7.18. The van der Waals surface area contributed by atoms with Crippen LogP contribution in [-0.4, -0.2) is 16.5 Å². The molecule has 1 fully saturated rings. The van der Waals surface area contributed by atoms with Crippen molar-refractivity contribution in [2.45, 2.75) is 46.0 Å². The second-order valence-electron chi connectivity index (χ2n) is 5.89. The quantitative estimate of drug-likeness (QED) is 0.562. The number of aryl methyl sites for hydroxylation is 1. The lowest BCUT2D eigenvalue weighted by Crippen LogP contribution is -2.36. The predicted octanol–water partition coefficient (Wildman–Crippen LogP) is 3.53. The van der Waals surface area contributed by atoms with Gasteiger partial charge in [-0.2, -0.15) is 4.98 Å². The number of nitrogens with zero attached hydrogens (tertiary/aromatic N) is 2. The smallest absolute Gasteiger partial charge is 0.240 e. The van der Waals surface area contributed by atoms with Crippen LogP contribution in [0.15, 0.2) is 6.07 Å². The van der Waals surface area contributed by atoms with Crippen molar-refractivity contribution in [2.75, 3.05) is 17.3 Å². The van der Waals surface area contributed by atoms with Crippen molar-refractivity contribution in [1.82, 2.24) is 9.97 Å². The second-order valence-corrected chi connectivity index (χ2v) is 7.00. The van der Waals surface area contributed by atoms with E-state index in [1.165, 1.54) is 30.6 Å². The first-order valence-electron chi connectivity index (χ1n) is 7.70. The number of rotatable bonds is 6.